The number of hydrogen-bond acceptors (Lipinski definition) is 4. The van der Waals surface area contributed by atoms with E-state index in [0.29, 0.717) is 22.7 Å². The topological polar surface area (TPSA) is 78.5 Å². The summed E-state index contributed by atoms with van der Waals surface area (Å²) in [5, 5.41) is 5.51. The molecule has 34 heavy (non-hydrogen) atoms. The molecule has 1 fully saturated rings. The van der Waals surface area contributed by atoms with Gasteiger partial charge in [-0.3, -0.25) is 19.3 Å². The molecule has 1 saturated heterocycles. The van der Waals surface area contributed by atoms with Gasteiger partial charge in [0.15, 0.2) is 0 Å². The second kappa shape index (κ2) is 9.73. The van der Waals surface area contributed by atoms with Crippen LogP contribution in [0.2, 0.25) is 0 Å². The fraction of sp³-hybridized carbons (Fsp3) is 0.222. The van der Waals surface area contributed by atoms with Crippen LogP contribution in [0, 0.1) is 6.92 Å². The molecule has 1 atom stereocenters. The van der Waals surface area contributed by atoms with E-state index in [1.54, 1.807) is 48.7 Å². The van der Waals surface area contributed by atoms with Crippen LogP contribution in [0.1, 0.15) is 40.7 Å². The monoisotopic (exact) mass is 473 g/mol. The highest BCUT2D eigenvalue weighted by Crippen LogP contribution is 2.41. The second-order valence-electron chi connectivity index (χ2n) is 8.79. The largest absolute Gasteiger partial charge is 0.338 e. The lowest BCUT2D eigenvalue weighted by molar-refractivity contribution is -0.121. The summed E-state index contributed by atoms with van der Waals surface area (Å²) in [6.45, 7) is 5.29. The van der Waals surface area contributed by atoms with Gasteiger partial charge in [0, 0.05) is 16.9 Å². The summed E-state index contributed by atoms with van der Waals surface area (Å²) in [7, 11) is 0. The second-order valence-corrected chi connectivity index (χ2v) is 9.86. The van der Waals surface area contributed by atoms with E-state index in [-0.39, 0.29) is 23.1 Å². The highest BCUT2D eigenvalue weighted by Gasteiger charge is 2.35. The van der Waals surface area contributed by atoms with Gasteiger partial charge >= 0.3 is 0 Å². The van der Waals surface area contributed by atoms with Crippen LogP contribution in [0.3, 0.4) is 0 Å². The minimum absolute atomic E-state index is 0.00535. The molecule has 0 aromatic heterocycles. The number of anilines is 2. The van der Waals surface area contributed by atoms with Crippen LogP contribution in [0.15, 0.2) is 78.9 Å². The Balaban J connectivity index is 1.50. The van der Waals surface area contributed by atoms with Gasteiger partial charge in [0.2, 0.25) is 11.8 Å². The third-order valence-corrected chi connectivity index (χ3v) is 6.85. The number of benzene rings is 3. The molecule has 0 unspecified atom stereocenters. The summed E-state index contributed by atoms with van der Waals surface area (Å²) in [4.78, 5) is 40.3. The summed E-state index contributed by atoms with van der Waals surface area (Å²) in [5.41, 5.74) is 2.67. The number of hydrogen-bond donors (Lipinski definition) is 2. The molecule has 4 rings (SSSR count). The molecule has 1 heterocycles. The Morgan fingerprint density at radius 2 is 1.68 bits per heavy atom. The third-order valence-electron chi connectivity index (χ3n) is 5.64. The van der Waals surface area contributed by atoms with E-state index in [1.807, 2.05) is 67.6 Å². The van der Waals surface area contributed by atoms with Crippen molar-refractivity contribution >= 4 is 40.9 Å². The van der Waals surface area contributed by atoms with Crippen molar-refractivity contribution in [3.63, 3.8) is 0 Å². The maximum absolute atomic E-state index is 13.1. The molecule has 0 radical (unpaired) electrons. The number of nitrogens with zero attached hydrogens (tertiary/aromatic N) is 1. The van der Waals surface area contributed by atoms with Crippen LogP contribution in [0.25, 0.3) is 0 Å². The maximum atomic E-state index is 13.1. The predicted molar refractivity (Wildman–Crippen MR) is 137 cm³/mol. The Morgan fingerprint density at radius 3 is 2.38 bits per heavy atom. The van der Waals surface area contributed by atoms with E-state index in [0.717, 1.165) is 11.1 Å². The van der Waals surface area contributed by atoms with Gasteiger partial charge in [-0.05, 0) is 56.7 Å². The summed E-state index contributed by atoms with van der Waals surface area (Å²) < 4.78 is 0. The molecule has 0 aliphatic carbocycles. The summed E-state index contributed by atoms with van der Waals surface area (Å²) in [6.07, 6.45) is 0. The van der Waals surface area contributed by atoms with Gasteiger partial charge < -0.3 is 10.6 Å². The van der Waals surface area contributed by atoms with Crippen LogP contribution in [-0.2, 0) is 9.59 Å². The Kier molecular flexibility index (Phi) is 6.75. The Morgan fingerprint density at radius 1 is 0.971 bits per heavy atom. The highest BCUT2D eigenvalue weighted by atomic mass is 32.2. The van der Waals surface area contributed by atoms with Crippen molar-refractivity contribution in [3.05, 3.63) is 95.6 Å². The number of rotatable bonds is 6. The Labute approximate surface area is 203 Å². The quantitative estimate of drug-likeness (QED) is 0.533. The lowest BCUT2D eigenvalue weighted by Crippen LogP contribution is -2.52. The lowest BCUT2D eigenvalue weighted by atomic mass is 10.0. The van der Waals surface area contributed by atoms with Crippen molar-refractivity contribution in [2.24, 2.45) is 0 Å². The van der Waals surface area contributed by atoms with Gasteiger partial charge in [0.05, 0.1) is 5.75 Å². The van der Waals surface area contributed by atoms with Crippen LogP contribution < -0.4 is 15.5 Å². The first kappa shape index (κ1) is 23.6. The van der Waals surface area contributed by atoms with Crippen LogP contribution in [0.5, 0.6) is 0 Å². The number of aryl methyl sites for hydroxylation is 1. The molecular weight excluding hydrogens is 446 g/mol. The van der Waals surface area contributed by atoms with Crippen molar-refractivity contribution in [2.75, 3.05) is 16.0 Å². The number of thioether (sulfide) groups is 1. The third kappa shape index (κ3) is 5.15. The van der Waals surface area contributed by atoms with Crippen molar-refractivity contribution < 1.29 is 14.4 Å². The molecule has 3 aromatic rings. The standard InChI is InChI=1S/C27H27N3O3S/c1-18-12-14-21(15-13-18)28-26(33)27(2,3)29-24(32)20-10-7-11-22(16-20)30-23(31)17-34-25(30)19-8-5-4-6-9-19/h4-16,25H,17H2,1-3H3,(H,28,33)(H,29,32)/t25-/m1/s1. The fourth-order valence-corrected chi connectivity index (χ4v) is 4.88. The smallest absolute Gasteiger partial charge is 0.252 e. The molecule has 7 heteroatoms. The number of carbonyl (C=O) groups is 3. The van der Waals surface area contributed by atoms with E-state index in [2.05, 4.69) is 10.6 Å². The Bertz CT molecular complexity index is 1210. The van der Waals surface area contributed by atoms with Crippen molar-refractivity contribution in [1.82, 2.24) is 5.32 Å². The molecule has 3 amide bonds. The van der Waals surface area contributed by atoms with Crippen LogP contribution >= 0.6 is 11.8 Å². The zero-order valence-electron chi connectivity index (χ0n) is 19.4. The number of amides is 3. The highest BCUT2D eigenvalue weighted by molar-refractivity contribution is 8.00. The van der Waals surface area contributed by atoms with E-state index in [1.165, 1.54) is 0 Å². The molecule has 2 N–H and O–H groups in total. The molecule has 0 bridgehead atoms. The number of nitrogens with one attached hydrogen (secondary N) is 2. The lowest BCUT2D eigenvalue weighted by Gasteiger charge is -2.26. The first-order valence-corrected chi connectivity index (χ1v) is 12.1. The molecule has 1 aliphatic heterocycles. The molecule has 0 spiro atoms. The average Bonchev–Trinajstić information content (AvgIpc) is 3.22. The summed E-state index contributed by atoms with van der Waals surface area (Å²) in [5.74, 6) is -0.339. The maximum Gasteiger partial charge on any atom is 0.252 e. The van der Waals surface area contributed by atoms with Gasteiger partial charge in [0.1, 0.15) is 10.9 Å². The fourth-order valence-electron chi connectivity index (χ4n) is 3.70. The van der Waals surface area contributed by atoms with E-state index in [9.17, 15) is 14.4 Å². The molecular formula is C27H27N3O3S. The molecule has 3 aromatic carbocycles. The van der Waals surface area contributed by atoms with Gasteiger partial charge in [0.25, 0.3) is 5.91 Å². The SMILES string of the molecule is Cc1ccc(NC(=O)C(C)(C)NC(=O)c2cccc(N3C(=O)CS[C@@H]3c3ccccc3)c2)cc1. The first-order valence-electron chi connectivity index (χ1n) is 11.0. The van der Waals surface area contributed by atoms with Gasteiger partial charge in [-0.25, -0.2) is 0 Å². The molecule has 6 nitrogen and oxygen atoms in total. The molecule has 0 saturated carbocycles. The van der Waals surface area contributed by atoms with E-state index < -0.39 is 5.54 Å². The minimum atomic E-state index is -1.15. The zero-order valence-corrected chi connectivity index (χ0v) is 20.2. The number of carbonyl (C=O) groups excluding carboxylic acids is 3. The van der Waals surface area contributed by atoms with E-state index in [4.69, 9.17) is 0 Å². The van der Waals surface area contributed by atoms with Crippen LogP contribution in [0.4, 0.5) is 11.4 Å². The van der Waals surface area contributed by atoms with Gasteiger partial charge in [-0.15, -0.1) is 11.8 Å². The van der Waals surface area contributed by atoms with Crippen molar-refractivity contribution in [1.29, 1.82) is 0 Å². The normalized spacial score (nSPS) is 15.8. The van der Waals surface area contributed by atoms with Crippen molar-refractivity contribution in [3.8, 4) is 0 Å². The Hall–Kier alpha value is -3.58. The predicted octanol–water partition coefficient (Wildman–Crippen LogP) is 4.92. The van der Waals surface area contributed by atoms with Gasteiger partial charge in [-0.1, -0.05) is 54.1 Å². The molecule has 1 aliphatic rings. The van der Waals surface area contributed by atoms with Crippen LogP contribution in [-0.4, -0.2) is 29.0 Å². The zero-order chi connectivity index (χ0) is 24.3. The minimum Gasteiger partial charge on any atom is -0.338 e. The average molecular weight is 474 g/mol. The first-order chi connectivity index (χ1) is 16.2. The van der Waals surface area contributed by atoms with E-state index >= 15 is 0 Å². The summed E-state index contributed by atoms with van der Waals surface area (Å²) in [6, 6.07) is 24.2. The van der Waals surface area contributed by atoms with Gasteiger partial charge in [-0.2, -0.15) is 0 Å². The molecule has 174 valence electrons. The summed E-state index contributed by atoms with van der Waals surface area (Å²) >= 11 is 1.56. The van der Waals surface area contributed by atoms with Crippen molar-refractivity contribution in [2.45, 2.75) is 31.7 Å².